The summed E-state index contributed by atoms with van der Waals surface area (Å²) in [5.74, 6) is -0.878. The number of benzene rings is 1. The van der Waals surface area contributed by atoms with Crippen molar-refractivity contribution in [1.29, 1.82) is 0 Å². The molecule has 1 aliphatic rings. The Bertz CT molecular complexity index is 623. The summed E-state index contributed by atoms with van der Waals surface area (Å²) < 4.78 is 0.796. The summed E-state index contributed by atoms with van der Waals surface area (Å²) in [6, 6.07) is 8.05. The summed E-state index contributed by atoms with van der Waals surface area (Å²) in [6.07, 6.45) is 2.28. The first-order valence-electron chi connectivity index (χ1n) is 6.45. The van der Waals surface area contributed by atoms with Crippen LogP contribution in [-0.4, -0.2) is 17.1 Å². The van der Waals surface area contributed by atoms with E-state index in [2.05, 4.69) is 37.7 Å². The van der Waals surface area contributed by atoms with Crippen molar-refractivity contribution in [2.45, 2.75) is 25.4 Å². The van der Waals surface area contributed by atoms with E-state index in [4.69, 9.17) is 0 Å². The number of aromatic carboxylic acids is 1. The Balaban J connectivity index is 1.97. The summed E-state index contributed by atoms with van der Waals surface area (Å²) in [6.45, 7) is 0.774. The van der Waals surface area contributed by atoms with Gasteiger partial charge in [-0.1, -0.05) is 15.9 Å². The molecule has 1 saturated carbocycles. The van der Waals surface area contributed by atoms with E-state index in [1.807, 2.05) is 12.1 Å². The normalized spacial score (nSPS) is 14.2. The molecule has 0 saturated heterocycles. The highest BCUT2D eigenvalue weighted by molar-refractivity contribution is 9.10. The predicted octanol–water partition coefficient (Wildman–Crippen LogP) is 4.38. The molecule has 0 unspecified atom stereocenters. The number of carboxylic acid groups (broad SMARTS) is 1. The molecule has 1 aromatic carbocycles. The molecular formula is C15H14BrNO2S. The number of carbonyl (C=O) groups is 1. The minimum Gasteiger partial charge on any atom is -0.478 e. The van der Waals surface area contributed by atoms with Crippen LogP contribution < -0.4 is 4.90 Å². The molecule has 0 radical (unpaired) electrons. The van der Waals surface area contributed by atoms with E-state index in [-0.39, 0.29) is 0 Å². The van der Waals surface area contributed by atoms with Gasteiger partial charge in [-0.25, -0.2) is 4.79 Å². The largest absolute Gasteiger partial charge is 0.478 e. The number of halogens is 1. The molecule has 3 nitrogen and oxygen atoms in total. The molecule has 0 bridgehead atoms. The van der Waals surface area contributed by atoms with Gasteiger partial charge >= 0.3 is 5.97 Å². The van der Waals surface area contributed by atoms with Gasteiger partial charge in [0.1, 0.15) is 0 Å². The van der Waals surface area contributed by atoms with Crippen LogP contribution in [0.2, 0.25) is 0 Å². The molecular weight excluding hydrogens is 338 g/mol. The van der Waals surface area contributed by atoms with Crippen molar-refractivity contribution in [3.8, 4) is 0 Å². The molecule has 0 amide bonds. The number of anilines is 1. The monoisotopic (exact) mass is 351 g/mol. The van der Waals surface area contributed by atoms with E-state index >= 15 is 0 Å². The number of carboxylic acids is 1. The van der Waals surface area contributed by atoms with Crippen molar-refractivity contribution in [3.05, 3.63) is 50.6 Å². The van der Waals surface area contributed by atoms with Gasteiger partial charge in [0.25, 0.3) is 0 Å². The first-order chi connectivity index (χ1) is 9.65. The van der Waals surface area contributed by atoms with Crippen LogP contribution in [0.5, 0.6) is 0 Å². The molecule has 0 spiro atoms. The van der Waals surface area contributed by atoms with Crippen LogP contribution >= 0.6 is 27.3 Å². The maximum Gasteiger partial charge on any atom is 0.337 e. The van der Waals surface area contributed by atoms with Gasteiger partial charge in [0.05, 0.1) is 11.3 Å². The molecule has 2 aromatic rings. The highest BCUT2D eigenvalue weighted by Gasteiger charge is 2.31. The highest BCUT2D eigenvalue weighted by Crippen LogP contribution is 2.36. The number of thiophene rings is 1. The molecule has 0 aliphatic heterocycles. The number of rotatable bonds is 5. The zero-order valence-corrected chi connectivity index (χ0v) is 13.2. The number of hydrogen-bond acceptors (Lipinski definition) is 3. The van der Waals surface area contributed by atoms with Crippen LogP contribution in [0.15, 0.2) is 39.5 Å². The highest BCUT2D eigenvalue weighted by atomic mass is 79.9. The second kappa shape index (κ2) is 5.58. The average molecular weight is 352 g/mol. The van der Waals surface area contributed by atoms with Crippen molar-refractivity contribution in [2.75, 3.05) is 4.90 Å². The van der Waals surface area contributed by atoms with Crippen LogP contribution in [0.1, 0.15) is 28.8 Å². The van der Waals surface area contributed by atoms with E-state index in [0.29, 0.717) is 11.6 Å². The third-order valence-electron chi connectivity index (χ3n) is 3.42. The molecule has 104 valence electrons. The van der Waals surface area contributed by atoms with Gasteiger partial charge < -0.3 is 10.0 Å². The van der Waals surface area contributed by atoms with E-state index < -0.39 is 5.97 Å². The average Bonchev–Trinajstić information content (AvgIpc) is 3.13. The minimum absolute atomic E-state index is 0.363. The van der Waals surface area contributed by atoms with E-state index in [1.165, 1.54) is 5.56 Å². The Morgan fingerprint density at radius 3 is 2.80 bits per heavy atom. The Morgan fingerprint density at radius 1 is 1.40 bits per heavy atom. The molecule has 1 heterocycles. The van der Waals surface area contributed by atoms with Crippen LogP contribution in [0.25, 0.3) is 0 Å². The minimum atomic E-state index is -0.878. The van der Waals surface area contributed by atoms with E-state index in [1.54, 1.807) is 17.4 Å². The summed E-state index contributed by atoms with van der Waals surface area (Å²) in [4.78, 5) is 13.7. The van der Waals surface area contributed by atoms with Crippen molar-refractivity contribution in [2.24, 2.45) is 0 Å². The molecule has 5 heteroatoms. The van der Waals surface area contributed by atoms with Crippen molar-refractivity contribution in [3.63, 3.8) is 0 Å². The predicted molar refractivity (Wildman–Crippen MR) is 84.6 cm³/mol. The summed E-state index contributed by atoms with van der Waals surface area (Å²) in [7, 11) is 0. The van der Waals surface area contributed by atoms with Gasteiger partial charge in [0.2, 0.25) is 0 Å². The second-order valence-electron chi connectivity index (χ2n) is 4.96. The van der Waals surface area contributed by atoms with Gasteiger partial charge in [0.15, 0.2) is 0 Å². The van der Waals surface area contributed by atoms with Gasteiger partial charge in [-0.2, -0.15) is 11.3 Å². The fourth-order valence-corrected chi connectivity index (χ4v) is 3.33. The Hall–Kier alpha value is -1.33. The lowest BCUT2D eigenvalue weighted by Crippen LogP contribution is -2.26. The van der Waals surface area contributed by atoms with Gasteiger partial charge in [-0.05, 0) is 53.4 Å². The molecule has 20 heavy (non-hydrogen) atoms. The SMILES string of the molecule is O=C(O)c1cc(Br)ccc1N(Cc1ccsc1)C1CC1. The van der Waals surface area contributed by atoms with Gasteiger partial charge in [-0.3, -0.25) is 0 Å². The second-order valence-corrected chi connectivity index (χ2v) is 6.65. The smallest absolute Gasteiger partial charge is 0.337 e. The molecule has 1 fully saturated rings. The van der Waals surface area contributed by atoms with Crippen molar-refractivity contribution < 1.29 is 9.90 Å². The zero-order valence-electron chi connectivity index (χ0n) is 10.8. The summed E-state index contributed by atoms with van der Waals surface area (Å²) in [5.41, 5.74) is 2.41. The molecule has 1 aromatic heterocycles. The standard InChI is InChI=1S/C15H14BrNO2S/c16-11-1-4-14(13(7-11)15(18)19)17(12-2-3-12)8-10-5-6-20-9-10/h1,4-7,9,12H,2-3,8H2,(H,18,19). The maximum absolute atomic E-state index is 11.5. The van der Waals surface area contributed by atoms with Crippen LogP contribution in [0.3, 0.4) is 0 Å². The zero-order chi connectivity index (χ0) is 14.1. The summed E-state index contributed by atoms with van der Waals surface area (Å²) in [5, 5.41) is 13.6. The topological polar surface area (TPSA) is 40.5 Å². The molecule has 3 rings (SSSR count). The Labute approximate surface area is 130 Å². The fourth-order valence-electron chi connectivity index (χ4n) is 2.31. The lowest BCUT2D eigenvalue weighted by Gasteiger charge is -2.26. The lowest BCUT2D eigenvalue weighted by molar-refractivity contribution is 0.0697. The maximum atomic E-state index is 11.5. The number of nitrogens with zero attached hydrogens (tertiary/aromatic N) is 1. The fraction of sp³-hybridized carbons (Fsp3) is 0.267. The van der Waals surface area contributed by atoms with Gasteiger partial charge in [-0.15, -0.1) is 0 Å². The van der Waals surface area contributed by atoms with E-state index in [9.17, 15) is 9.90 Å². The van der Waals surface area contributed by atoms with Crippen LogP contribution in [0.4, 0.5) is 5.69 Å². The van der Waals surface area contributed by atoms with Crippen molar-refractivity contribution in [1.82, 2.24) is 0 Å². The van der Waals surface area contributed by atoms with Crippen molar-refractivity contribution >= 4 is 38.9 Å². The molecule has 1 N–H and O–H groups in total. The first kappa shape index (κ1) is 13.6. The molecule has 1 aliphatic carbocycles. The quantitative estimate of drug-likeness (QED) is 0.868. The van der Waals surface area contributed by atoms with Crippen LogP contribution in [-0.2, 0) is 6.54 Å². The number of hydrogen-bond donors (Lipinski definition) is 1. The Morgan fingerprint density at radius 2 is 2.20 bits per heavy atom. The lowest BCUT2D eigenvalue weighted by atomic mass is 10.1. The first-order valence-corrected chi connectivity index (χ1v) is 8.19. The summed E-state index contributed by atoms with van der Waals surface area (Å²) >= 11 is 5.02. The van der Waals surface area contributed by atoms with Gasteiger partial charge in [0, 0.05) is 17.1 Å². The van der Waals surface area contributed by atoms with Crippen LogP contribution in [0, 0.1) is 0 Å². The molecule has 0 atom stereocenters. The Kier molecular flexibility index (Phi) is 3.81. The third kappa shape index (κ3) is 2.88. The third-order valence-corrected chi connectivity index (χ3v) is 4.64. The van der Waals surface area contributed by atoms with E-state index in [0.717, 1.165) is 29.5 Å².